The molecular formula is C10H23N3O. The van der Waals surface area contributed by atoms with E-state index < -0.39 is 0 Å². The molecule has 0 rings (SSSR count). The molecule has 0 spiro atoms. The van der Waals surface area contributed by atoms with Gasteiger partial charge in [0.25, 0.3) is 0 Å². The highest BCUT2D eigenvalue weighted by atomic mass is 16.1. The molecule has 14 heavy (non-hydrogen) atoms. The second-order valence-corrected chi connectivity index (χ2v) is 4.06. The maximum atomic E-state index is 11.2. The van der Waals surface area contributed by atoms with Crippen molar-refractivity contribution in [3.8, 4) is 0 Å². The molecule has 0 aromatic heterocycles. The van der Waals surface area contributed by atoms with Gasteiger partial charge in [0.2, 0.25) is 5.91 Å². The van der Waals surface area contributed by atoms with Gasteiger partial charge in [0.15, 0.2) is 0 Å². The van der Waals surface area contributed by atoms with Crippen LogP contribution in [-0.4, -0.2) is 50.6 Å². The average Bonchev–Trinajstić information content (AvgIpc) is 2.01. The zero-order valence-electron chi connectivity index (χ0n) is 9.76. The number of carbonyl (C=O) groups is 1. The number of hydrogen-bond donors (Lipinski definition) is 2. The summed E-state index contributed by atoms with van der Waals surface area (Å²) in [5.41, 5.74) is 0. The third-order valence-electron chi connectivity index (χ3n) is 1.69. The molecule has 4 nitrogen and oxygen atoms in total. The fourth-order valence-corrected chi connectivity index (χ4v) is 1.10. The summed E-state index contributed by atoms with van der Waals surface area (Å²) in [6.45, 7) is 6.29. The Kier molecular flexibility index (Phi) is 7.42. The van der Waals surface area contributed by atoms with E-state index in [4.69, 9.17) is 0 Å². The predicted octanol–water partition coefficient (Wildman–Crippen LogP) is 0.0523. The van der Waals surface area contributed by atoms with Crippen LogP contribution in [0.4, 0.5) is 0 Å². The van der Waals surface area contributed by atoms with Crippen LogP contribution in [-0.2, 0) is 4.79 Å². The highest BCUT2D eigenvalue weighted by Crippen LogP contribution is 1.81. The summed E-state index contributed by atoms with van der Waals surface area (Å²) in [6, 6.07) is 0.228. The Morgan fingerprint density at radius 2 is 2.00 bits per heavy atom. The molecule has 0 aliphatic carbocycles. The van der Waals surface area contributed by atoms with Crippen molar-refractivity contribution in [1.29, 1.82) is 0 Å². The average molecular weight is 201 g/mol. The van der Waals surface area contributed by atoms with Crippen LogP contribution in [0.2, 0.25) is 0 Å². The summed E-state index contributed by atoms with van der Waals surface area (Å²) < 4.78 is 0. The first-order valence-corrected chi connectivity index (χ1v) is 5.17. The maximum absolute atomic E-state index is 11.2. The van der Waals surface area contributed by atoms with E-state index >= 15 is 0 Å². The topological polar surface area (TPSA) is 44.4 Å². The second kappa shape index (κ2) is 7.76. The van der Waals surface area contributed by atoms with E-state index in [1.807, 2.05) is 27.9 Å². The molecule has 4 heteroatoms. The third-order valence-corrected chi connectivity index (χ3v) is 1.69. The van der Waals surface area contributed by atoms with Crippen LogP contribution in [0, 0.1) is 0 Å². The van der Waals surface area contributed by atoms with Gasteiger partial charge in [-0.05, 0) is 47.5 Å². The summed E-state index contributed by atoms with van der Waals surface area (Å²) in [5.74, 6) is 0.0739. The summed E-state index contributed by atoms with van der Waals surface area (Å²) in [6.07, 6.45) is 1.07. The zero-order chi connectivity index (χ0) is 11.0. The molecule has 0 radical (unpaired) electrons. The highest BCUT2D eigenvalue weighted by molar-refractivity contribution is 5.78. The Morgan fingerprint density at radius 3 is 2.50 bits per heavy atom. The molecule has 0 aliphatic rings. The minimum Gasteiger partial charge on any atom is -0.353 e. The van der Waals surface area contributed by atoms with Gasteiger partial charge in [0, 0.05) is 6.04 Å². The highest BCUT2D eigenvalue weighted by Gasteiger charge is 2.01. The minimum atomic E-state index is 0.0739. The lowest BCUT2D eigenvalue weighted by Crippen LogP contribution is -2.38. The SMILES string of the molecule is CC(C)NC(=O)CNCCCN(C)C. The Labute approximate surface area is 87.0 Å². The van der Waals surface area contributed by atoms with Crippen molar-refractivity contribution >= 4 is 5.91 Å². The largest absolute Gasteiger partial charge is 0.353 e. The van der Waals surface area contributed by atoms with Gasteiger partial charge in [-0.3, -0.25) is 4.79 Å². The molecule has 0 atom stereocenters. The van der Waals surface area contributed by atoms with Crippen LogP contribution in [0.15, 0.2) is 0 Å². The fraction of sp³-hybridized carbons (Fsp3) is 0.900. The van der Waals surface area contributed by atoms with Crippen molar-refractivity contribution in [2.75, 3.05) is 33.7 Å². The van der Waals surface area contributed by atoms with Gasteiger partial charge in [-0.25, -0.2) is 0 Å². The van der Waals surface area contributed by atoms with Crippen LogP contribution in [0.5, 0.6) is 0 Å². The Bertz CT molecular complexity index is 157. The van der Waals surface area contributed by atoms with Crippen molar-refractivity contribution in [3.63, 3.8) is 0 Å². The van der Waals surface area contributed by atoms with E-state index in [1.54, 1.807) is 0 Å². The van der Waals surface area contributed by atoms with Crippen molar-refractivity contribution in [2.45, 2.75) is 26.3 Å². The van der Waals surface area contributed by atoms with Crippen LogP contribution < -0.4 is 10.6 Å². The standard InChI is InChI=1S/C10H23N3O/c1-9(2)12-10(14)8-11-6-5-7-13(3)4/h9,11H,5-8H2,1-4H3,(H,12,14). The Balaban J connectivity index is 3.23. The molecule has 1 amide bonds. The van der Waals surface area contributed by atoms with Gasteiger partial charge in [0.1, 0.15) is 0 Å². The van der Waals surface area contributed by atoms with Gasteiger partial charge in [0.05, 0.1) is 6.54 Å². The first-order valence-electron chi connectivity index (χ1n) is 5.17. The van der Waals surface area contributed by atoms with Crippen molar-refractivity contribution < 1.29 is 4.79 Å². The van der Waals surface area contributed by atoms with Gasteiger partial charge < -0.3 is 15.5 Å². The first-order chi connectivity index (χ1) is 6.52. The monoisotopic (exact) mass is 201 g/mol. The Hall–Kier alpha value is -0.610. The lowest BCUT2D eigenvalue weighted by molar-refractivity contribution is -0.120. The number of rotatable bonds is 7. The molecule has 0 aromatic rings. The van der Waals surface area contributed by atoms with Crippen LogP contribution in [0.25, 0.3) is 0 Å². The fourth-order valence-electron chi connectivity index (χ4n) is 1.10. The molecular weight excluding hydrogens is 178 g/mol. The number of nitrogens with one attached hydrogen (secondary N) is 2. The molecule has 0 saturated heterocycles. The molecule has 84 valence electrons. The normalized spacial score (nSPS) is 11.0. The van der Waals surface area contributed by atoms with Crippen molar-refractivity contribution in [3.05, 3.63) is 0 Å². The lowest BCUT2D eigenvalue weighted by atomic mass is 10.3. The number of carbonyl (C=O) groups excluding carboxylic acids is 1. The van der Waals surface area contributed by atoms with Gasteiger partial charge in [-0.1, -0.05) is 0 Å². The Morgan fingerprint density at radius 1 is 1.36 bits per heavy atom. The third kappa shape index (κ3) is 9.48. The van der Waals surface area contributed by atoms with Crippen LogP contribution in [0.3, 0.4) is 0 Å². The van der Waals surface area contributed by atoms with Gasteiger partial charge in [-0.15, -0.1) is 0 Å². The van der Waals surface area contributed by atoms with Gasteiger partial charge >= 0.3 is 0 Å². The molecule has 0 unspecified atom stereocenters. The maximum Gasteiger partial charge on any atom is 0.234 e. The van der Waals surface area contributed by atoms with Crippen molar-refractivity contribution in [2.24, 2.45) is 0 Å². The predicted molar refractivity (Wildman–Crippen MR) is 59.3 cm³/mol. The molecule has 0 bridgehead atoms. The summed E-state index contributed by atoms with van der Waals surface area (Å²) in [7, 11) is 4.09. The lowest BCUT2D eigenvalue weighted by Gasteiger charge is -2.11. The molecule has 2 N–H and O–H groups in total. The summed E-state index contributed by atoms with van der Waals surface area (Å²) in [4.78, 5) is 13.3. The van der Waals surface area contributed by atoms with Crippen LogP contribution in [0.1, 0.15) is 20.3 Å². The van der Waals surface area contributed by atoms with E-state index in [1.165, 1.54) is 0 Å². The number of amides is 1. The molecule has 0 aromatic carbocycles. The molecule has 0 aliphatic heterocycles. The second-order valence-electron chi connectivity index (χ2n) is 4.06. The zero-order valence-corrected chi connectivity index (χ0v) is 9.76. The van der Waals surface area contributed by atoms with E-state index in [0.717, 1.165) is 19.5 Å². The molecule has 0 fully saturated rings. The van der Waals surface area contributed by atoms with Crippen LogP contribution >= 0.6 is 0 Å². The molecule has 0 saturated carbocycles. The van der Waals surface area contributed by atoms with E-state index in [-0.39, 0.29) is 11.9 Å². The number of hydrogen-bond acceptors (Lipinski definition) is 3. The number of nitrogens with zero attached hydrogens (tertiary/aromatic N) is 1. The molecule has 0 heterocycles. The van der Waals surface area contributed by atoms with E-state index in [2.05, 4.69) is 15.5 Å². The van der Waals surface area contributed by atoms with Crippen molar-refractivity contribution in [1.82, 2.24) is 15.5 Å². The minimum absolute atomic E-state index is 0.0739. The van der Waals surface area contributed by atoms with E-state index in [0.29, 0.717) is 6.54 Å². The van der Waals surface area contributed by atoms with E-state index in [9.17, 15) is 4.79 Å². The van der Waals surface area contributed by atoms with Gasteiger partial charge in [-0.2, -0.15) is 0 Å². The first kappa shape index (κ1) is 13.4. The smallest absolute Gasteiger partial charge is 0.234 e. The quantitative estimate of drug-likeness (QED) is 0.572. The summed E-state index contributed by atoms with van der Waals surface area (Å²) in [5, 5.41) is 5.94. The summed E-state index contributed by atoms with van der Waals surface area (Å²) >= 11 is 0.